The third-order valence-electron chi connectivity index (χ3n) is 2.10. The Kier molecular flexibility index (Phi) is 6.19. The smallest absolute Gasteiger partial charge is 0.414 e. The van der Waals surface area contributed by atoms with Crippen LogP contribution in [-0.4, -0.2) is 55.8 Å². The first-order valence-corrected chi connectivity index (χ1v) is 5.31. The molecule has 0 rings (SSSR count). The number of nitrogens with two attached hydrogens (primary N) is 1. The highest BCUT2D eigenvalue weighted by molar-refractivity contribution is 5.78. The number of carbonyl (C=O) groups is 3. The highest BCUT2D eigenvalue weighted by atomic mass is 16.5. The molecule has 2 N–H and O–H groups in total. The number of amides is 2. The van der Waals surface area contributed by atoms with Gasteiger partial charge >= 0.3 is 18.0 Å². The molecule has 0 aromatic rings. The number of ether oxygens (including phenoxy) is 2. The number of likely N-dealkylation sites (N-methyl/N-ethyl adjacent to an activating group) is 1. The predicted octanol–water partition coefficient (Wildman–Crippen LogP) is -0.362. The van der Waals surface area contributed by atoms with Crippen LogP contribution in [0.15, 0.2) is 0 Å². The Morgan fingerprint density at radius 2 is 1.35 bits per heavy atom. The van der Waals surface area contributed by atoms with Crippen molar-refractivity contribution in [1.29, 1.82) is 0 Å². The third-order valence-corrected chi connectivity index (χ3v) is 2.10. The molecule has 0 unspecified atom stereocenters. The number of hydrogen-bond acceptors (Lipinski definition) is 5. The second kappa shape index (κ2) is 6.85. The minimum atomic E-state index is -0.786. The van der Waals surface area contributed by atoms with Crippen molar-refractivity contribution >= 4 is 18.0 Å². The number of hydrogen-bond donors (Lipinski definition) is 1. The van der Waals surface area contributed by atoms with E-state index in [4.69, 9.17) is 15.2 Å². The van der Waals surface area contributed by atoms with Gasteiger partial charge in [0.2, 0.25) is 0 Å². The van der Waals surface area contributed by atoms with E-state index in [-0.39, 0.29) is 26.3 Å². The predicted molar refractivity (Wildman–Crippen MR) is 58.8 cm³/mol. The fraction of sp³-hybridized carbons (Fsp3) is 0.700. The summed E-state index contributed by atoms with van der Waals surface area (Å²) in [7, 11) is 1.39. The molecule has 0 spiro atoms. The van der Waals surface area contributed by atoms with Gasteiger partial charge in [-0.15, -0.1) is 0 Å². The van der Waals surface area contributed by atoms with Gasteiger partial charge in [-0.2, -0.15) is 0 Å². The highest BCUT2D eigenvalue weighted by Crippen LogP contribution is 2.04. The van der Waals surface area contributed by atoms with Gasteiger partial charge in [0, 0.05) is 0 Å². The lowest BCUT2D eigenvalue weighted by atomic mass is 10.4. The molecule has 0 aliphatic heterocycles. The Morgan fingerprint density at radius 1 is 1.00 bits per heavy atom. The average molecular weight is 247 g/mol. The zero-order valence-electron chi connectivity index (χ0n) is 10.4. The van der Waals surface area contributed by atoms with Crippen LogP contribution in [0.4, 0.5) is 4.79 Å². The van der Waals surface area contributed by atoms with Crippen LogP contribution in [0.2, 0.25) is 0 Å². The van der Waals surface area contributed by atoms with Crippen molar-refractivity contribution in [3.8, 4) is 0 Å². The second-order valence-corrected chi connectivity index (χ2v) is 3.66. The van der Waals surface area contributed by atoms with Crippen molar-refractivity contribution in [2.24, 2.45) is 5.73 Å². The lowest BCUT2D eigenvalue weighted by molar-refractivity contribution is -0.813. The largest absolute Gasteiger partial charge is 0.462 e. The normalized spacial score (nSPS) is 10.8. The molecule has 0 saturated heterocycles. The van der Waals surface area contributed by atoms with E-state index in [1.54, 1.807) is 13.8 Å². The Morgan fingerprint density at radius 3 is 1.59 bits per heavy atom. The molecule has 0 aliphatic rings. The average Bonchev–Trinajstić information content (AvgIpc) is 2.17. The molecule has 0 fully saturated rings. The van der Waals surface area contributed by atoms with E-state index in [0.717, 1.165) is 0 Å². The van der Waals surface area contributed by atoms with Crippen LogP contribution in [0, 0.1) is 0 Å². The number of primary amides is 1. The van der Waals surface area contributed by atoms with Crippen LogP contribution in [0.1, 0.15) is 13.8 Å². The number of urea groups is 1. The van der Waals surface area contributed by atoms with Crippen molar-refractivity contribution in [3.05, 3.63) is 0 Å². The van der Waals surface area contributed by atoms with Gasteiger partial charge in [0.1, 0.15) is 0 Å². The van der Waals surface area contributed by atoms with E-state index in [0.29, 0.717) is 0 Å². The van der Waals surface area contributed by atoms with Gasteiger partial charge in [-0.05, 0) is 13.8 Å². The number of esters is 2. The summed E-state index contributed by atoms with van der Waals surface area (Å²) in [5.41, 5.74) is 5.18. The van der Waals surface area contributed by atoms with Gasteiger partial charge in [0.05, 0.1) is 20.3 Å². The first kappa shape index (κ1) is 15.4. The van der Waals surface area contributed by atoms with Crippen LogP contribution in [0.25, 0.3) is 0 Å². The van der Waals surface area contributed by atoms with E-state index in [1.807, 2.05) is 0 Å². The molecule has 17 heavy (non-hydrogen) atoms. The van der Waals surface area contributed by atoms with Crippen molar-refractivity contribution in [3.63, 3.8) is 0 Å². The van der Waals surface area contributed by atoms with Crippen LogP contribution < -0.4 is 5.73 Å². The zero-order valence-corrected chi connectivity index (χ0v) is 10.4. The minimum Gasteiger partial charge on any atom is -0.462 e. The van der Waals surface area contributed by atoms with E-state index < -0.39 is 22.5 Å². The van der Waals surface area contributed by atoms with Crippen molar-refractivity contribution in [2.75, 3.05) is 33.4 Å². The van der Waals surface area contributed by atoms with E-state index >= 15 is 0 Å². The highest BCUT2D eigenvalue weighted by Gasteiger charge is 2.36. The van der Waals surface area contributed by atoms with Gasteiger partial charge in [-0.25, -0.2) is 18.9 Å². The quantitative estimate of drug-likeness (QED) is 0.510. The molecule has 0 heterocycles. The Labute approximate surface area is 100 Å². The van der Waals surface area contributed by atoms with Crippen molar-refractivity contribution in [2.45, 2.75) is 13.8 Å². The van der Waals surface area contributed by atoms with Crippen LogP contribution in [0.5, 0.6) is 0 Å². The van der Waals surface area contributed by atoms with E-state index in [2.05, 4.69) is 0 Å². The lowest BCUT2D eigenvalue weighted by Gasteiger charge is -2.26. The summed E-state index contributed by atoms with van der Waals surface area (Å²) in [6, 6.07) is -0.786. The first-order valence-electron chi connectivity index (χ1n) is 5.31. The molecule has 0 aromatic carbocycles. The summed E-state index contributed by atoms with van der Waals surface area (Å²) in [4.78, 5) is 33.9. The second-order valence-electron chi connectivity index (χ2n) is 3.66. The maximum Gasteiger partial charge on any atom is 0.414 e. The Balaban J connectivity index is 4.62. The SMILES string of the molecule is CCOC(=O)C[N+](C)(CC(=O)OCC)C(N)=O. The fourth-order valence-corrected chi connectivity index (χ4v) is 1.19. The van der Waals surface area contributed by atoms with Crippen LogP contribution in [0.3, 0.4) is 0 Å². The summed E-state index contributed by atoms with van der Waals surface area (Å²) in [6.45, 7) is 3.13. The fourth-order valence-electron chi connectivity index (χ4n) is 1.19. The van der Waals surface area contributed by atoms with Crippen LogP contribution in [-0.2, 0) is 19.1 Å². The van der Waals surface area contributed by atoms with Gasteiger partial charge in [-0.3, -0.25) is 0 Å². The Bertz CT molecular complexity index is 283. The van der Waals surface area contributed by atoms with E-state index in [9.17, 15) is 14.4 Å². The summed E-state index contributed by atoms with van der Waals surface area (Å²) in [5, 5.41) is 0. The zero-order chi connectivity index (χ0) is 13.5. The molecule has 0 aromatic heterocycles. The molecule has 7 nitrogen and oxygen atoms in total. The lowest BCUT2D eigenvalue weighted by Crippen LogP contribution is -2.58. The first-order chi connectivity index (χ1) is 7.85. The molecule has 0 saturated carbocycles. The maximum absolute atomic E-state index is 11.3. The van der Waals surface area contributed by atoms with E-state index in [1.165, 1.54) is 7.05 Å². The molecule has 0 bridgehead atoms. The van der Waals surface area contributed by atoms with Gasteiger partial charge in [0.15, 0.2) is 13.1 Å². The molecular weight excluding hydrogens is 228 g/mol. The van der Waals surface area contributed by atoms with Crippen molar-refractivity contribution < 1.29 is 28.3 Å². The number of carbonyl (C=O) groups excluding carboxylic acids is 3. The topological polar surface area (TPSA) is 95.7 Å². The summed E-state index contributed by atoms with van der Waals surface area (Å²) in [6.07, 6.45) is 0. The van der Waals surface area contributed by atoms with Gasteiger partial charge in [0.25, 0.3) is 0 Å². The minimum absolute atomic E-state index is 0.205. The molecule has 0 atom stereocenters. The molecule has 7 heteroatoms. The molecular formula is C10H19N2O5+. The number of nitrogens with zero attached hydrogens (tertiary/aromatic N) is 1. The number of rotatable bonds is 6. The summed E-state index contributed by atoms with van der Waals surface area (Å²) >= 11 is 0. The molecule has 0 aliphatic carbocycles. The summed E-state index contributed by atoms with van der Waals surface area (Å²) < 4.78 is 8.87. The van der Waals surface area contributed by atoms with Crippen molar-refractivity contribution in [1.82, 2.24) is 0 Å². The molecule has 0 radical (unpaired) electrons. The third kappa shape index (κ3) is 5.30. The van der Waals surface area contributed by atoms with Gasteiger partial charge < -0.3 is 15.2 Å². The number of quaternary nitrogens is 1. The Hall–Kier alpha value is -1.63. The van der Waals surface area contributed by atoms with Crippen LogP contribution >= 0.6 is 0 Å². The molecule has 2 amide bonds. The monoisotopic (exact) mass is 247 g/mol. The van der Waals surface area contributed by atoms with Gasteiger partial charge in [-0.1, -0.05) is 0 Å². The summed E-state index contributed by atoms with van der Waals surface area (Å²) in [5.74, 6) is -1.17. The maximum atomic E-state index is 11.3. The molecule has 98 valence electrons. The standard InChI is InChI=1S/C10H18N2O5/c1-4-16-8(13)6-12(3,10(11)15)7-9(14)17-5-2/h4-7H2,1-3H3,(H-,11,15)/p+1.